The summed E-state index contributed by atoms with van der Waals surface area (Å²) in [6.45, 7) is 4.62. The fourth-order valence-electron chi connectivity index (χ4n) is 4.10. The summed E-state index contributed by atoms with van der Waals surface area (Å²) in [6, 6.07) is 13.2. The zero-order valence-corrected chi connectivity index (χ0v) is 17.5. The predicted molar refractivity (Wildman–Crippen MR) is 117 cm³/mol. The van der Waals surface area contributed by atoms with E-state index < -0.39 is 5.91 Å². The number of ether oxygens (including phenoxy) is 1. The Labute approximate surface area is 181 Å². The van der Waals surface area contributed by atoms with Gasteiger partial charge in [-0.25, -0.2) is 4.39 Å². The van der Waals surface area contributed by atoms with Gasteiger partial charge in [-0.3, -0.25) is 19.4 Å². The van der Waals surface area contributed by atoms with Crippen LogP contribution >= 0.6 is 0 Å². The Bertz CT molecular complexity index is 990. The molecule has 1 fully saturated rings. The fraction of sp³-hybridized carbons (Fsp3) is 0.333. The lowest BCUT2D eigenvalue weighted by Gasteiger charge is -2.30. The van der Waals surface area contributed by atoms with Gasteiger partial charge in [0.25, 0.3) is 5.91 Å². The van der Waals surface area contributed by atoms with Crippen LogP contribution in [-0.4, -0.2) is 48.9 Å². The second-order valence-electron chi connectivity index (χ2n) is 7.75. The normalized spacial score (nSPS) is 19.9. The molecule has 0 saturated carbocycles. The molecule has 1 N–H and O–H groups in total. The summed E-state index contributed by atoms with van der Waals surface area (Å²) in [5, 5.41) is 2.98. The molecule has 0 aromatic heterocycles. The first-order valence-corrected chi connectivity index (χ1v) is 10.6. The predicted octanol–water partition coefficient (Wildman–Crippen LogP) is 3.19. The summed E-state index contributed by atoms with van der Waals surface area (Å²) in [5.41, 5.74) is 1.18. The smallest absolute Gasteiger partial charge is 0.294 e. The molecule has 162 valence electrons. The molecule has 1 atom stereocenters. The molecule has 0 bridgehead atoms. The Morgan fingerprint density at radius 3 is 2.77 bits per heavy atom. The van der Waals surface area contributed by atoms with E-state index in [4.69, 9.17) is 4.74 Å². The average Bonchev–Trinajstić information content (AvgIpc) is 3.24. The third kappa shape index (κ3) is 4.77. The summed E-state index contributed by atoms with van der Waals surface area (Å²) in [7, 11) is 0. The van der Waals surface area contributed by atoms with Crippen molar-refractivity contribution in [3.63, 3.8) is 0 Å². The van der Waals surface area contributed by atoms with Crippen molar-refractivity contribution in [3.05, 3.63) is 65.7 Å². The minimum atomic E-state index is -0.408. The van der Waals surface area contributed by atoms with Crippen LogP contribution in [0.25, 0.3) is 6.08 Å². The Balaban J connectivity index is 1.50. The first-order valence-electron chi connectivity index (χ1n) is 10.6. The fourth-order valence-corrected chi connectivity index (χ4v) is 4.10. The van der Waals surface area contributed by atoms with E-state index in [2.05, 4.69) is 17.1 Å². The van der Waals surface area contributed by atoms with E-state index in [1.54, 1.807) is 36.4 Å². The minimum Gasteiger partial charge on any atom is -0.449 e. The van der Waals surface area contributed by atoms with Crippen LogP contribution in [0.15, 0.2) is 54.3 Å². The number of fused-ring (bicyclic) bond motifs is 1. The number of amides is 2. The summed E-state index contributed by atoms with van der Waals surface area (Å²) < 4.78 is 19.0. The van der Waals surface area contributed by atoms with Crippen molar-refractivity contribution in [2.24, 2.45) is 0 Å². The van der Waals surface area contributed by atoms with Gasteiger partial charge in [0.05, 0.1) is 5.69 Å². The van der Waals surface area contributed by atoms with Gasteiger partial charge in [-0.1, -0.05) is 31.2 Å². The van der Waals surface area contributed by atoms with Gasteiger partial charge in [-0.15, -0.1) is 0 Å². The number of nitrogens with one attached hydrogen (secondary N) is 1. The number of hydrogen-bond donors (Lipinski definition) is 1. The van der Waals surface area contributed by atoms with Gasteiger partial charge in [0, 0.05) is 12.6 Å². The quantitative estimate of drug-likeness (QED) is 0.725. The van der Waals surface area contributed by atoms with Crippen molar-refractivity contribution in [2.75, 3.05) is 31.1 Å². The topological polar surface area (TPSA) is 61.9 Å². The third-order valence-corrected chi connectivity index (χ3v) is 5.74. The molecule has 1 saturated heterocycles. The third-order valence-electron chi connectivity index (χ3n) is 5.74. The van der Waals surface area contributed by atoms with Crippen LogP contribution in [0.1, 0.15) is 25.3 Å². The molecule has 0 radical (unpaired) electrons. The van der Waals surface area contributed by atoms with Crippen molar-refractivity contribution in [2.45, 2.75) is 25.8 Å². The summed E-state index contributed by atoms with van der Waals surface area (Å²) in [4.78, 5) is 29.6. The van der Waals surface area contributed by atoms with E-state index in [1.807, 2.05) is 6.07 Å². The zero-order valence-electron chi connectivity index (χ0n) is 17.5. The van der Waals surface area contributed by atoms with Crippen LogP contribution < -0.4 is 15.0 Å². The maximum atomic E-state index is 13.2. The molecule has 0 unspecified atom stereocenters. The van der Waals surface area contributed by atoms with E-state index in [9.17, 15) is 14.0 Å². The number of likely N-dealkylation sites (N-methyl/N-ethyl adjacent to an activating group) is 1. The number of hydrogen-bond acceptors (Lipinski definition) is 4. The van der Waals surface area contributed by atoms with Gasteiger partial charge in [-0.05, 0) is 61.8 Å². The van der Waals surface area contributed by atoms with E-state index in [1.165, 1.54) is 17.0 Å². The van der Waals surface area contributed by atoms with Crippen molar-refractivity contribution >= 4 is 23.6 Å². The Morgan fingerprint density at radius 2 is 2.00 bits per heavy atom. The Hall–Kier alpha value is -3.19. The standard InChI is InChI=1S/C24H26FN3O3/c1-2-27-13-5-6-19(27)15-26-23(29)16-28-20-7-3-4-8-21(20)31-22(24(28)30)14-17-9-11-18(25)12-10-17/h3-4,7-12,14,19H,2,5-6,13,15-16H2,1H3,(H,26,29)/b22-14+/t19-/m0/s1. The van der Waals surface area contributed by atoms with Crippen molar-refractivity contribution in [1.29, 1.82) is 0 Å². The molecular weight excluding hydrogens is 397 g/mol. The van der Waals surface area contributed by atoms with Gasteiger partial charge in [0.1, 0.15) is 12.4 Å². The maximum Gasteiger partial charge on any atom is 0.294 e. The molecule has 7 heteroatoms. The molecule has 2 aliphatic rings. The second kappa shape index (κ2) is 9.31. The zero-order chi connectivity index (χ0) is 21.8. The van der Waals surface area contributed by atoms with E-state index in [0.717, 1.165) is 25.9 Å². The molecule has 2 aliphatic heterocycles. The summed E-state index contributed by atoms with van der Waals surface area (Å²) in [5.74, 6) is -0.392. The van der Waals surface area contributed by atoms with Gasteiger partial charge >= 0.3 is 0 Å². The maximum absolute atomic E-state index is 13.2. The van der Waals surface area contributed by atoms with E-state index in [-0.39, 0.29) is 24.0 Å². The van der Waals surface area contributed by atoms with E-state index in [0.29, 0.717) is 29.6 Å². The molecular formula is C24H26FN3O3. The lowest BCUT2D eigenvalue weighted by Crippen LogP contribution is -2.47. The van der Waals surface area contributed by atoms with Crippen LogP contribution in [0.2, 0.25) is 0 Å². The number of halogens is 1. The van der Waals surface area contributed by atoms with Crippen molar-refractivity contribution in [1.82, 2.24) is 10.2 Å². The first-order chi connectivity index (χ1) is 15.0. The van der Waals surface area contributed by atoms with Gasteiger partial charge in [-0.2, -0.15) is 0 Å². The van der Waals surface area contributed by atoms with Crippen LogP contribution in [-0.2, 0) is 9.59 Å². The molecule has 2 aromatic rings. The molecule has 2 heterocycles. The number of anilines is 1. The second-order valence-corrected chi connectivity index (χ2v) is 7.75. The Morgan fingerprint density at radius 1 is 1.23 bits per heavy atom. The number of nitrogens with zero attached hydrogens (tertiary/aromatic N) is 2. The number of para-hydroxylation sites is 2. The molecule has 4 rings (SSSR count). The molecule has 2 aromatic carbocycles. The highest BCUT2D eigenvalue weighted by Crippen LogP contribution is 2.35. The van der Waals surface area contributed by atoms with Crippen LogP contribution in [0.5, 0.6) is 5.75 Å². The van der Waals surface area contributed by atoms with Crippen LogP contribution in [0.4, 0.5) is 10.1 Å². The largest absolute Gasteiger partial charge is 0.449 e. The van der Waals surface area contributed by atoms with Gasteiger partial charge < -0.3 is 10.1 Å². The SMILES string of the molecule is CCN1CCC[C@H]1CNC(=O)CN1C(=O)/C(=C\c2ccc(F)cc2)Oc2ccccc21. The average molecular weight is 423 g/mol. The lowest BCUT2D eigenvalue weighted by atomic mass is 10.1. The van der Waals surface area contributed by atoms with Crippen LogP contribution in [0.3, 0.4) is 0 Å². The molecule has 0 aliphatic carbocycles. The monoisotopic (exact) mass is 423 g/mol. The van der Waals surface area contributed by atoms with Crippen molar-refractivity contribution in [3.8, 4) is 5.75 Å². The minimum absolute atomic E-state index is 0.0889. The molecule has 6 nitrogen and oxygen atoms in total. The summed E-state index contributed by atoms with van der Waals surface area (Å²) in [6.07, 6.45) is 3.76. The first kappa shape index (κ1) is 21.1. The van der Waals surface area contributed by atoms with E-state index >= 15 is 0 Å². The highest BCUT2D eigenvalue weighted by atomic mass is 19.1. The number of benzene rings is 2. The number of carbonyl (C=O) groups is 2. The molecule has 2 amide bonds. The molecule has 0 spiro atoms. The highest BCUT2D eigenvalue weighted by molar-refractivity contribution is 6.12. The molecule has 31 heavy (non-hydrogen) atoms. The number of carbonyl (C=O) groups excluding carboxylic acids is 2. The lowest BCUT2D eigenvalue weighted by molar-refractivity contribution is -0.123. The van der Waals surface area contributed by atoms with Gasteiger partial charge in [0.15, 0.2) is 11.5 Å². The van der Waals surface area contributed by atoms with Crippen molar-refractivity contribution < 1.29 is 18.7 Å². The van der Waals surface area contributed by atoms with Gasteiger partial charge in [0.2, 0.25) is 5.91 Å². The highest BCUT2D eigenvalue weighted by Gasteiger charge is 2.32. The number of likely N-dealkylation sites (tertiary alicyclic amines) is 1. The van der Waals surface area contributed by atoms with Crippen LogP contribution in [0, 0.1) is 5.82 Å². The Kier molecular flexibility index (Phi) is 6.32. The number of rotatable bonds is 6. The summed E-state index contributed by atoms with van der Waals surface area (Å²) >= 11 is 0.